The van der Waals surface area contributed by atoms with E-state index in [0.29, 0.717) is 5.69 Å². The minimum atomic E-state index is -0.867. The summed E-state index contributed by atoms with van der Waals surface area (Å²) in [7, 11) is 0. The predicted molar refractivity (Wildman–Crippen MR) is 70.1 cm³/mol. The van der Waals surface area contributed by atoms with E-state index in [9.17, 15) is 14.4 Å². The van der Waals surface area contributed by atoms with Crippen LogP contribution in [0.2, 0.25) is 0 Å². The summed E-state index contributed by atoms with van der Waals surface area (Å²) >= 11 is 0. The lowest BCUT2D eigenvalue weighted by molar-refractivity contribution is -0.130. The highest BCUT2D eigenvalue weighted by Gasteiger charge is 2.23. The largest absolute Gasteiger partial charge is 0.368 e. The fourth-order valence-electron chi connectivity index (χ4n) is 1.43. The van der Waals surface area contributed by atoms with E-state index in [4.69, 9.17) is 11.5 Å². The van der Waals surface area contributed by atoms with E-state index < -0.39 is 29.8 Å². The number of carbonyl (C=O) groups is 3. The lowest BCUT2D eigenvalue weighted by atomic mass is 10.1. The maximum Gasteiger partial charge on any atom is 0.243 e. The van der Waals surface area contributed by atoms with Crippen LogP contribution in [0.25, 0.3) is 0 Å². The number of nitrogens with one attached hydrogen (secondary N) is 3. The first-order chi connectivity index (χ1) is 9.40. The van der Waals surface area contributed by atoms with Crippen LogP contribution < -0.4 is 22.1 Å². The van der Waals surface area contributed by atoms with Gasteiger partial charge in [0, 0.05) is 18.3 Å². The molecule has 0 radical (unpaired) electrons. The van der Waals surface area contributed by atoms with Crippen molar-refractivity contribution in [2.45, 2.75) is 25.4 Å². The summed E-state index contributed by atoms with van der Waals surface area (Å²) in [5.41, 5.74) is 11.1. The summed E-state index contributed by atoms with van der Waals surface area (Å²) < 4.78 is 0. The standard InChI is InChI=1S/C11H18N6O3/c1-6(12)10(19)17-8(2-7-3-14-5-16-7)11(20)15-4-9(13)18/h3,5-6,8H,2,4,12H2,1H3,(H2,13,18)(H,14,16)(H,15,20)(H,17,19). The van der Waals surface area contributed by atoms with Gasteiger partial charge in [-0.3, -0.25) is 14.4 Å². The number of primary amides is 1. The summed E-state index contributed by atoms with van der Waals surface area (Å²) in [6.45, 7) is 1.20. The Kier molecular flexibility index (Phi) is 5.66. The third kappa shape index (κ3) is 5.06. The molecule has 3 amide bonds. The number of hydrogen-bond donors (Lipinski definition) is 5. The van der Waals surface area contributed by atoms with Gasteiger partial charge >= 0.3 is 0 Å². The summed E-state index contributed by atoms with van der Waals surface area (Å²) in [4.78, 5) is 40.8. The van der Waals surface area contributed by atoms with Gasteiger partial charge in [0.1, 0.15) is 6.04 Å². The molecule has 7 N–H and O–H groups in total. The fourth-order valence-corrected chi connectivity index (χ4v) is 1.43. The molecule has 0 aliphatic carbocycles. The topological polar surface area (TPSA) is 156 Å². The lowest BCUT2D eigenvalue weighted by Gasteiger charge is -2.18. The molecule has 0 spiro atoms. The van der Waals surface area contributed by atoms with Crippen LogP contribution in [0.4, 0.5) is 0 Å². The minimum Gasteiger partial charge on any atom is -0.368 e. The van der Waals surface area contributed by atoms with Crippen molar-refractivity contribution < 1.29 is 14.4 Å². The number of amides is 3. The second-order valence-corrected chi connectivity index (χ2v) is 4.31. The summed E-state index contributed by atoms with van der Waals surface area (Å²) in [5, 5.41) is 4.84. The molecule has 110 valence electrons. The van der Waals surface area contributed by atoms with Crippen LogP contribution in [0.5, 0.6) is 0 Å². The van der Waals surface area contributed by atoms with Crippen LogP contribution in [-0.2, 0) is 20.8 Å². The summed E-state index contributed by atoms with van der Waals surface area (Å²) in [6.07, 6.45) is 3.19. The Hall–Kier alpha value is -2.42. The van der Waals surface area contributed by atoms with E-state index in [1.807, 2.05) is 0 Å². The van der Waals surface area contributed by atoms with Crippen molar-refractivity contribution in [2.24, 2.45) is 11.5 Å². The van der Waals surface area contributed by atoms with Gasteiger partial charge in [-0.15, -0.1) is 0 Å². The average molecular weight is 282 g/mol. The smallest absolute Gasteiger partial charge is 0.243 e. The molecule has 0 bridgehead atoms. The molecule has 1 aromatic rings. The number of aromatic amines is 1. The van der Waals surface area contributed by atoms with Crippen molar-refractivity contribution in [1.29, 1.82) is 0 Å². The Morgan fingerprint density at radius 3 is 2.60 bits per heavy atom. The van der Waals surface area contributed by atoms with Crippen molar-refractivity contribution in [3.05, 3.63) is 18.2 Å². The monoisotopic (exact) mass is 282 g/mol. The zero-order chi connectivity index (χ0) is 15.1. The molecule has 2 unspecified atom stereocenters. The SMILES string of the molecule is CC(N)C(=O)NC(Cc1cnc[nH]1)C(=O)NCC(N)=O. The highest BCUT2D eigenvalue weighted by atomic mass is 16.2. The van der Waals surface area contributed by atoms with E-state index in [0.717, 1.165) is 0 Å². The van der Waals surface area contributed by atoms with Gasteiger partial charge in [0.15, 0.2) is 0 Å². The Labute approximate surface area is 115 Å². The van der Waals surface area contributed by atoms with Crippen molar-refractivity contribution in [3.63, 3.8) is 0 Å². The first-order valence-corrected chi connectivity index (χ1v) is 5.99. The second kappa shape index (κ2) is 7.24. The summed E-state index contributed by atoms with van der Waals surface area (Å²) in [5.74, 6) is -1.66. The third-order valence-corrected chi connectivity index (χ3v) is 2.46. The normalized spacial score (nSPS) is 13.3. The number of carbonyl (C=O) groups excluding carboxylic acids is 3. The quantitative estimate of drug-likeness (QED) is 0.370. The highest BCUT2D eigenvalue weighted by Crippen LogP contribution is 1.99. The van der Waals surface area contributed by atoms with Crippen LogP contribution in [0, 0.1) is 0 Å². The van der Waals surface area contributed by atoms with Gasteiger partial charge in [0.05, 0.1) is 18.9 Å². The van der Waals surface area contributed by atoms with Crippen LogP contribution in [0.15, 0.2) is 12.5 Å². The van der Waals surface area contributed by atoms with Gasteiger partial charge < -0.3 is 27.1 Å². The average Bonchev–Trinajstić information content (AvgIpc) is 2.87. The molecule has 0 aliphatic rings. The van der Waals surface area contributed by atoms with Crippen molar-refractivity contribution >= 4 is 17.7 Å². The van der Waals surface area contributed by atoms with Crippen LogP contribution in [0.3, 0.4) is 0 Å². The number of aromatic nitrogens is 2. The first-order valence-electron chi connectivity index (χ1n) is 5.99. The van der Waals surface area contributed by atoms with Crippen LogP contribution >= 0.6 is 0 Å². The number of H-pyrrole nitrogens is 1. The molecule has 2 atom stereocenters. The maximum absolute atomic E-state index is 11.9. The molecular weight excluding hydrogens is 264 g/mol. The molecule has 0 aliphatic heterocycles. The molecule has 9 heteroatoms. The number of imidazole rings is 1. The van der Waals surface area contributed by atoms with E-state index in [1.165, 1.54) is 19.4 Å². The van der Waals surface area contributed by atoms with Gasteiger partial charge in [-0.25, -0.2) is 4.98 Å². The fraction of sp³-hybridized carbons (Fsp3) is 0.455. The van der Waals surface area contributed by atoms with E-state index >= 15 is 0 Å². The van der Waals surface area contributed by atoms with E-state index in [-0.39, 0.29) is 13.0 Å². The number of rotatable bonds is 7. The Balaban J connectivity index is 2.69. The number of nitrogens with two attached hydrogens (primary N) is 2. The molecule has 1 rings (SSSR count). The summed E-state index contributed by atoms with van der Waals surface area (Å²) in [6, 6.07) is -1.61. The Morgan fingerprint density at radius 2 is 2.10 bits per heavy atom. The highest BCUT2D eigenvalue weighted by molar-refractivity contribution is 5.91. The molecule has 0 saturated carbocycles. The van der Waals surface area contributed by atoms with Crippen LogP contribution in [0.1, 0.15) is 12.6 Å². The Morgan fingerprint density at radius 1 is 1.40 bits per heavy atom. The van der Waals surface area contributed by atoms with Gasteiger partial charge in [-0.1, -0.05) is 0 Å². The van der Waals surface area contributed by atoms with Crippen molar-refractivity contribution in [2.75, 3.05) is 6.54 Å². The zero-order valence-corrected chi connectivity index (χ0v) is 11.1. The first kappa shape index (κ1) is 15.6. The minimum absolute atomic E-state index is 0.197. The van der Waals surface area contributed by atoms with Crippen LogP contribution in [-0.4, -0.2) is 46.3 Å². The maximum atomic E-state index is 11.9. The second-order valence-electron chi connectivity index (χ2n) is 4.31. The Bertz CT molecular complexity index is 471. The predicted octanol–water partition coefficient (Wildman–Crippen LogP) is -2.61. The zero-order valence-electron chi connectivity index (χ0n) is 11.1. The molecule has 0 fully saturated rings. The molecule has 0 saturated heterocycles. The molecule has 20 heavy (non-hydrogen) atoms. The molecule has 1 aromatic heterocycles. The van der Waals surface area contributed by atoms with E-state index in [1.54, 1.807) is 0 Å². The molecule has 9 nitrogen and oxygen atoms in total. The molecule has 0 aromatic carbocycles. The number of nitrogens with zero attached hydrogens (tertiary/aromatic N) is 1. The number of hydrogen-bond acceptors (Lipinski definition) is 5. The lowest BCUT2D eigenvalue weighted by Crippen LogP contribution is -2.52. The van der Waals surface area contributed by atoms with E-state index in [2.05, 4.69) is 20.6 Å². The van der Waals surface area contributed by atoms with Gasteiger partial charge in [-0.2, -0.15) is 0 Å². The van der Waals surface area contributed by atoms with Crippen molar-refractivity contribution in [1.82, 2.24) is 20.6 Å². The van der Waals surface area contributed by atoms with Gasteiger partial charge in [0.2, 0.25) is 17.7 Å². The van der Waals surface area contributed by atoms with Gasteiger partial charge in [0.25, 0.3) is 0 Å². The van der Waals surface area contributed by atoms with Crippen molar-refractivity contribution in [3.8, 4) is 0 Å². The molecular formula is C11H18N6O3. The molecule has 1 heterocycles. The third-order valence-electron chi connectivity index (χ3n) is 2.46. The van der Waals surface area contributed by atoms with Gasteiger partial charge in [-0.05, 0) is 6.92 Å².